The molecule has 0 amide bonds. The van der Waals surface area contributed by atoms with E-state index in [2.05, 4.69) is 52.7 Å². The van der Waals surface area contributed by atoms with Crippen LogP contribution in [0.2, 0.25) is 0 Å². The first-order chi connectivity index (χ1) is 14.8. The van der Waals surface area contributed by atoms with E-state index in [1.165, 1.54) is 10.4 Å². The molecule has 4 rings (SSSR count). The van der Waals surface area contributed by atoms with Gasteiger partial charge in [0.2, 0.25) is 0 Å². The molecule has 0 radical (unpaired) electrons. The molecule has 2 aromatic carbocycles. The maximum atomic E-state index is 6.61. The molecule has 0 spiro atoms. The fourth-order valence-electron chi connectivity index (χ4n) is 3.92. The lowest BCUT2D eigenvalue weighted by molar-refractivity contribution is -0.0260. The van der Waals surface area contributed by atoms with Crippen LogP contribution in [0.1, 0.15) is 35.8 Å². The second-order valence-corrected chi connectivity index (χ2v) is 8.70. The second kappa shape index (κ2) is 10.6. The van der Waals surface area contributed by atoms with Crippen molar-refractivity contribution in [2.24, 2.45) is 0 Å². The van der Waals surface area contributed by atoms with E-state index in [1.54, 1.807) is 11.3 Å². The predicted octanol–water partition coefficient (Wildman–Crippen LogP) is 5.37. The summed E-state index contributed by atoms with van der Waals surface area (Å²) < 4.78 is 12.4. The van der Waals surface area contributed by atoms with Crippen molar-refractivity contribution in [3.05, 3.63) is 82.6 Å². The van der Waals surface area contributed by atoms with Gasteiger partial charge in [-0.15, -0.1) is 11.3 Å². The molecule has 0 saturated carbocycles. The monoisotopic (exact) mass is 422 g/mol. The molecule has 1 fully saturated rings. The summed E-state index contributed by atoms with van der Waals surface area (Å²) in [4.78, 5) is 3.79. The number of anilines is 1. The zero-order valence-corrected chi connectivity index (χ0v) is 18.1. The van der Waals surface area contributed by atoms with E-state index in [-0.39, 0.29) is 6.10 Å². The molecule has 2 N–H and O–H groups in total. The van der Waals surface area contributed by atoms with Crippen LogP contribution in [-0.4, -0.2) is 37.2 Å². The summed E-state index contributed by atoms with van der Waals surface area (Å²) in [6.07, 6.45) is 3.48. The molecule has 30 heavy (non-hydrogen) atoms. The highest BCUT2D eigenvalue weighted by Crippen LogP contribution is 2.32. The number of thiophene rings is 1. The van der Waals surface area contributed by atoms with Crippen LogP contribution in [0, 0.1) is 0 Å². The van der Waals surface area contributed by atoms with Crippen LogP contribution in [-0.2, 0) is 4.74 Å². The Hall–Kier alpha value is -2.34. The summed E-state index contributed by atoms with van der Waals surface area (Å²) in [5, 5.41) is 2.13. The van der Waals surface area contributed by atoms with E-state index in [4.69, 9.17) is 15.2 Å². The molecule has 158 valence electrons. The molecule has 2 heterocycles. The number of nitrogens with zero attached hydrogens (tertiary/aromatic N) is 1. The van der Waals surface area contributed by atoms with Crippen LogP contribution in [0.4, 0.5) is 5.69 Å². The molecule has 5 heteroatoms. The Kier molecular flexibility index (Phi) is 7.40. The van der Waals surface area contributed by atoms with Crippen molar-refractivity contribution in [1.29, 1.82) is 0 Å². The van der Waals surface area contributed by atoms with Gasteiger partial charge in [-0.05, 0) is 48.4 Å². The molecule has 1 aromatic heterocycles. The SMILES string of the molecule is Nc1ccccc1OCCCN1CCC(OC(c2ccccc2)c2cccs2)CC1. The molecule has 3 aromatic rings. The second-order valence-electron chi connectivity index (χ2n) is 7.72. The fraction of sp³-hybridized carbons (Fsp3) is 0.360. The third-order valence-corrected chi connectivity index (χ3v) is 6.48. The van der Waals surface area contributed by atoms with Crippen molar-refractivity contribution >= 4 is 17.0 Å². The van der Waals surface area contributed by atoms with Gasteiger partial charge in [-0.2, -0.15) is 0 Å². The molecular formula is C25H30N2O2S. The molecule has 1 atom stereocenters. The first-order valence-electron chi connectivity index (χ1n) is 10.7. The summed E-state index contributed by atoms with van der Waals surface area (Å²) in [6, 6.07) is 22.5. The van der Waals surface area contributed by atoms with Gasteiger partial charge in [0.25, 0.3) is 0 Å². The summed E-state index contributed by atoms with van der Waals surface area (Å²) in [5.41, 5.74) is 7.87. The first kappa shape index (κ1) is 20.9. The highest BCUT2D eigenvalue weighted by atomic mass is 32.1. The normalized spacial score (nSPS) is 16.4. The minimum absolute atomic E-state index is 0.0347. The van der Waals surface area contributed by atoms with Crippen molar-refractivity contribution in [3.63, 3.8) is 0 Å². The van der Waals surface area contributed by atoms with Crippen LogP contribution < -0.4 is 10.5 Å². The molecule has 0 bridgehead atoms. The molecule has 1 unspecified atom stereocenters. The number of para-hydroxylation sites is 2. The highest BCUT2D eigenvalue weighted by molar-refractivity contribution is 7.10. The largest absolute Gasteiger partial charge is 0.491 e. The number of likely N-dealkylation sites (tertiary alicyclic amines) is 1. The van der Waals surface area contributed by atoms with E-state index in [9.17, 15) is 0 Å². The molecule has 1 saturated heterocycles. The van der Waals surface area contributed by atoms with Gasteiger partial charge >= 0.3 is 0 Å². The number of nitrogen functional groups attached to an aromatic ring is 1. The smallest absolute Gasteiger partial charge is 0.142 e. The van der Waals surface area contributed by atoms with Crippen LogP contribution >= 0.6 is 11.3 Å². The van der Waals surface area contributed by atoms with E-state index in [0.717, 1.165) is 44.6 Å². The minimum Gasteiger partial charge on any atom is -0.491 e. The number of hydrogen-bond acceptors (Lipinski definition) is 5. The number of piperidine rings is 1. The number of rotatable bonds is 9. The van der Waals surface area contributed by atoms with E-state index in [0.29, 0.717) is 18.4 Å². The number of nitrogens with two attached hydrogens (primary N) is 1. The Morgan fingerprint density at radius 3 is 2.47 bits per heavy atom. The zero-order valence-electron chi connectivity index (χ0n) is 17.3. The third-order valence-electron chi connectivity index (χ3n) is 5.56. The van der Waals surface area contributed by atoms with Gasteiger partial charge in [0, 0.05) is 24.5 Å². The Balaban J connectivity index is 1.22. The minimum atomic E-state index is 0.0347. The van der Waals surface area contributed by atoms with Gasteiger partial charge in [0.05, 0.1) is 18.4 Å². The van der Waals surface area contributed by atoms with Crippen molar-refractivity contribution < 1.29 is 9.47 Å². The van der Waals surface area contributed by atoms with Crippen LogP contribution in [0.25, 0.3) is 0 Å². The van der Waals surface area contributed by atoms with Crippen LogP contribution in [0.15, 0.2) is 72.1 Å². The quantitative estimate of drug-likeness (QED) is 0.372. The molecule has 4 nitrogen and oxygen atoms in total. The Morgan fingerprint density at radius 1 is 0.967 bits per heavy atom. The van der Waals surface area contributed by atoms with Gasteiger partial charge < -0.3 is 20.1 Å². The van der Waals surface area contributed by atoms with Gasteiger partial charge in [-0.1, -0.05) is 48.5 Å². The lowest BCUT2D eigenvalue weighted by atomic mass is 10.0. The average Bonchev–Trinajstić information content (AvgIpc) is 3.32. The zero-order chi connectivity index (χ0) is 20.6. The molecule has 1 aliphatic rings. The first-order valence-corrected chi connectivity index (χ1v) is 11.6. The van der Waals surface area contributed by atoms with E-state index < -0.39 is 0 Å². The van der Waals surface area contributed by atoms with Crippen LogP contribution in [0.3, 0.4) is 0 Å². The summed E-state index contributed by atoms with van der Waals surface area (Å²) in [5.74, 6) is 0.783. The number of hydrogen-bond donors (Lipinski definition) is 1. The number of ether oxygens (including phenoxy) is 2. The summed E-state index contributed by atoms with van der Waals surface area (Å²) >= 11 is 1.77. The van der Waals surface area contributed by atoms with E-state index >= 15 is 0 Å². The maximum absolute atomic E-state index is 6.61. The lowest BCUT2D eigenvalue weighted by Crippen LogP contribution is -2.38. The van der Waals surface area contributed by atoms with E-state index in [1.807, 2.05) is 24.3 Å². The molecule has 1 aliphatic heterocycles. The van der Waals surface area contributed by atoms with Gasteiger partial charge in [-0.3, -0.25) is 0 Å². The topological polar surface area (TPSA) is 47.7 Å². The van der Waals surface area contributed by atoms with Crippen LogP contribution in [0.5, 0.6) is 5.75 Å². The molecular weight excluding hydrogens is 392 g/mol. The van der Waals surface area contributed by atoms with Crippen molar-refractivity contribution in [1.82, 2.24) is 4.90 Å². The van der Waals surface area contributed by atoms with Gasteiger partial charge in [-0.25, -0.2) is 0 Å². The number of benzene rings is 2. The highest BCUT2D eigenvalue weighted by Gasteiger charge is 2.25. The van der Waals surface area contributed by atoms with Gasteiger partial charge in [0.15, 0.2) is 0 Å². The van der Waals surface area contributed by atoms with Gasteiger partial charge in [0.1, 0.15) is 11.9 Å². The molecule has 0 aliphatic carbocycles. The van der Waals surface area contributed by atoms with Crippen molar-refractivity contribution in [2.45, 2.75) is 31.5 Å². The summed E-state index contributed by atoms with van der Waals surface area (Å²) in [7, 11) is 0. The predicted molar refractivity (Wildman–Crippen MR) is 124 cm³/mol. The lowest BCUT2D eigenvalue weighted by Gasteiger charge is -2.34. The maximum Gasteiger partial charge on any atom is 0.142 e. The van der Waals surface area contributed by atoms with Crippen molar-refractivity contribution in [3.8, 4) is 5.75 Å². The standard InChI is InChI=1S/C25H30N2O2S/c26-22-10-4-5-11-23(22)28-18-7-15-27-16-13-21(14-17-27)29-25(24-12-6-19-30-24)20-8-2-1-3-9-20/h1-6,8-12,19,21,25H,7,13-18,26H2. The Morgan fingerprint density at radius 2 is 1.73 bits per heavy atom. The third kappa shape index (κ3) is 5.63. The average molecular weight is 423 g/mol. The Bertz CT molecular complexity index is 877. The fourth-order valence-corrected chi connectivity index (χ4v) is 4.71. The summed E-state index contributed by atoms with van der Waals surface area (Å²) in [6.45, 7) is 3.89. The van der Waals surface area contributed by atoms with Crippen molar-refractivity contribution in [2.75, 3.05) is 32.0 Å². The Labute approximate surface area is 183 Å².